The zero-order chi connectivity index (χ0) is 10.1. The summed E-state index contributed by atoms with van der Waals surface area (Å²) in [6.07, 6.45) is 1.53. The van der Waals surface area contributed by atoms with Crippen LogP contribution >= 0.6 is 0 Å². The normalized spacial score (nSPS) is 31.7. The van der Waals surface area contributed by atoms with Gasteiger partial charge in [0.05, 0.1) is 11.6 Å². The van der Waals surface area contributed by atoms with E-state index >= 15 is 0 Å². The van der Waals surface area contributed by atoms with Crippen LogP contribution in [0.5, 0.6) is 0 Å². The van der Waals surface area contributed by atoms with Crippen LogP contribution in [0.1, 0.15) is 27.2 Å². The Bertz CT molecular complexity index is 181. The first-order valence-corrected chi connectivity index (χ1v) is 4.85. The molecule has 1 aliphatic heterocycles. The number of aldehydes is 1. The molecule has 76 valence electrons. The van der Waals surface area contributed by atoms with Gasteiger partial charge in [0.15, 0.2) is 0 Å². The Morgan fingerprint density at radius 2 is 2.08 bits per heavy atom. The lowest BCUT2D eigenvalue weighted by molar-refractivity contribution is -0.119. The average Bonchev–Trinajstić information content (AvgIpc) is 2.02. The quantitative estimate of drug-likeness (QED) is 0.643. The summed E-state index contributed by atoms with van der Waals surface area (Å²) in [4.78, 5) is 12.9. The van der Waals surface area contributed by atoms with Crippen molar-refractivity contribution in [2.75, 3.05) is 13.1 Å². The fourth-order valence-electron chi connectivity index (χ4n) is 1.86. The average molecular weight is 185 g/mol. The molecule has 3 heteroatoms. The lowest BCUT2D eigenvalue weighted by atomic mass is 9.93. The van der Waals surface area contributed by atoms with Crippen molar-refractivity contribution in [2.45, 2.75) is 38.8 Å². The monoisotopic (exact) mass is 185 g/mol. The minimum Gasteiger partial charge on any atom is -0.392 e. The van der Waals surface area contributed by atoms with Gasteiger partial charge in [-0.2, -0.15) is 0 Å². The number of rotatable bonds is 2. The molecule has 3 nitrogen and oxygen atoms in total. The lowest BCUT2D eigenvalue weighted by Gasteiger charge is -2.41. The summed E-state index contributed by atoms with van der Waals surface area (Å²) in [5.74, 6) is 0.475. The van der Waals surface area contributed by atoms with Gasteiger partial charge in [0.1, 0.15) is 6.29 Å². The third-order valence-electron chi connectivity index (χ3n) is 2.74. The highest BCUT2D eigenvalue weighted by Gasteiger charge is 2.32. The molecule has 1 rings (SSSR count). The number of likely N-dealkylation sites (tertiary alicyclic amines) is 1. The molecule has 0 aromatic rings. The summed E-state index contributed by atoms with van der Waals surface area (Å²) in [6.45, 7) is 7.42. The van der Waals surface area contributed by atoms with E-state index < -0.39 is 5.54 Å². The van der Waals surface area contributed by atoms with Crippen LogP contribution in [-0.2, 0) is 4.79 Å². The number of carbonyl (C=O) groups is 1. The molecule has 0 unspecified atom stereocenters. The molecule has 1 aliphatic rings. The minimum atomic E-state index is -0.435. The van der Waals surface area contributed by atoms with E-state index in [4.69, 9.17) is 0 Å². The maximum Gasteiger partial charge on any atom is 0.139 e. The van der Waals surface area contributed by atoms with Gasteiger partial charge in [0.25, 0.3) is 0 Å². The van der Waals surface area contributed by atoms with Crippen LogP contribution in [0.3, 0.4) is 0 Å². The summed E-state index contributed by atoms with van der Waals surface area (Å²) in [5.41, 5.74) is -0.435. The first kappa shape index (κ1) is 10.7. The zero-order valence-corrected chi connectivity index (χ0v) is 8.66. The first-order chi connectivity index (χ1) is 5.95. The highest BCUT2D eigenvalue weighted by molar-refractivity contribution is 5.62. The number of hydrogen-bond donors (Lipinski definition) is 1. The molecule has 0 bridgehead atoms. The second kappa shape index (κ2) is 3.76. The predicted octanol–water partition coefficient (Wildman–Crippen LogP) is 0.667. The van der Waals surface area contributed by atoms with E-state index in [0.29, 0.717) is 12.5 Å². The third kappa shape index (κ3) is 2.51. The molecule has 13 heavy (non-hydrogen) atoms. The fraction of sp³-hybridized carbons (Fsp3) is 0.900. The Morgan fingerprint density at radius 1 is 1.46 bits per heavy atom. The van der Waals surface area contributed by atoms with Gasteiger partial charge in [-0.15, -0.1) is 0 Å². The largest absolute Gasteiger partial charge is 0.392 e. The van der Waals surface area contributed by atoms with Crippen LogP contribution < -0.4 is 0 Å². The predicted molar refractivity (Wildman–Crippen MR) is 51.5 cm³/mol. The zero-order valence-electron chi connectivity index (χ0n) is 8.66. The Morgan fingerprint density at radius 3 is 2.54 bits per heavy atom. The van der Waals surface area contributed by atoms with Crippen molar-refractivity contribution in [2.24, 2.45) is 5.92 Å². The highest BCUT2D eigenvalue weighted by Crippen LogP contribution is 2.22. The molecular formula is C10H19NO2. The number of β-amino-alcohol motifs (C(OH)–C–C–N with tert-alkyl or cyclic N) is 1. The van der Waals surface area contributed by atoms with E-state index in [0.717, 1.165) is 19.3 Å². The highest BCUT2D eigenvalue weighted by atomic mass is 16.3. The van der Waals surface area contributed by atoms with Crippen molar-refractivity contribution in [3.8, 4) is 0 Å². The van der Waals surface area contributed by atoms with Gasteiger partial charge in [-0.1, -0.05) is 6.92 Å². The lowest BCUT2D eigenvalue weighted by Crippen LogP contribution is -2.53. The van der Waals surface area contributed by atoms with E-state index in [1.807, 2.05) is 13.8 Å². The van der Waals surface area contributed by atoms with Crippen molar-refractivity contribution in [3.05, 3.63) is 0 Å². The molecule has 0 aromatic heterocycles. The Labute approximate surface area is 79.7 Å². The van der Waals surface area contributed by atoms with E-state index in [2.05, 4.69) is 11.8 Å². The smallest absolute Gasteiger partial charge is 0.139 e. The molecule has 0 spiro atoms. The Kier molecular flexibility index (Phi) is 3.09. The molecule has 0 aliphatic carbocycles. The summed E-state index contributed by atoms with van der Waals surface area (Å²) < 4.78 is 0. The molecule has 1 N–H and O–H groups in total. The maximum absolute atomic E-state index is 10.8. The molecule has 2 atom stereocenters. The first-order valence-electron chi connectivity index (χ1n) is 4.85. The van der Waals surface area contributed by atoms with Gasteiger partial charge in [-0.05, 0) is 26.2 Å². The third-order valence-corrected chi connectivity index (χ3v) is 2.74. The van der Waals surface area contributed by atoms with Crippen LogP contribution in [0.15, 0.2) is 0 Å². The SMILES string of the molecule is C[C@@H]1C[C@H](O)CN(C(C)(C)C=O)C1. The Balaban J connectivity index is 2.64. The van der Waals surface area contributed by atoms with Gasteiger partial charge in [-0.25, -0.2) is 0 Å². The second-order valence-electron chi connectivity index (χ2n) is 4.67. The van der Waals surface area contributed by atoms with Gasteiger partial charge < -0.3 is 9.90 Å². The van der Waals surface area contributed by atoms with E-state index in [9.17, 15) is 9.90 Å². The topological polar surface area (TPSA) is 40.5 Å². The van der Waals surface area contributed by atoms with Crippen molar-refractivity contribution < 1.29 is 9.90 Å². The molecule has 0 aromatic carbocycles. The maximum atomic E-state index is 10.8. The molecule has 0 amide bonds. The molecule has 1 heterocycles. The van der Waals surface area contributed by atoms with E-state index in [1.54, 1.807) is 0 Å². The van der Waals surface area contributed by atoms with Crippen LogP contribution in [0.2, 0.25) is 0 Å². The summed E-state index contributed by atoms with van der Waals surface area (Å²) in [5, 5.41) is 9.55. The summed E-state index contributed by atoms with van der Waals surface area (Å²) >= 11 is 0. The van der Waals surface area contributed by atoms with Crippen LogP contribution in [-0.4, -0.2) is 41.0 Å². The van der Waals surface area contributed by atoms with Gasteiger partial charge >= 0.3 is 0 Å². The van der Waals surface area contributed by atoms with Crippen molar-refractivity contribution >= 4 is 6.29 Å². The van der Waals surface area contributed by atoms with Gasteiger partial charge in [0, 0.05) is 13.1 Å². The number of piperidine rings is 1. The molecule has 1 fully saturated rings. The van der Waals surface area contributed by atoms with Gasteiger partial charge in [0.2, 0.25) is 0 Å². The second-order valence-corrected chi connectivity index (χ2v) is 4.67. The fourth-order valence-corrected chi connectivity index (χ4v) is 1.86. The molecule has 1 saturated heterocycles. The van der Waals surface area contributed by atoms with E-state index in [1.165, 1.54) is 0 Å². The Hall–Kier alpha value is -0.410. The summed E-state index contributed by atoms with van der Waals surface area (Å²) in [6, 6.07) is 0. The van der Waals surface area contributed by atoms with Crippen molar-refractivity contribution in [3.63, 3.8) is 0 Å². The number of carbonyl (C=O) groups excluding carboxylic acids is 1. The number of hydrogen-bond acceptors (Lipinski definition) is 3. The van der Waals surface area contributed by atoms with Crippen LogP contribution in [0.4, 0.5) is 0 Å². The van der Waals surface area contributed by atoms with Gasteiger partial charge in [-0.3, -0.25) is 4.90 Å². The summed E-state index contributed by atoms with van der Waals surface area (Å²) in [7, 11) is 0. The minimum absolute atomic E-state index is 0.275. The molecular weight excluding hydrogens is 166 g/mol. The van der Waals surface area contributed by atoms with Crippen LogP contribution in [0.25, 0.3) is 0 Å². The van der Waals surface area contributed by atoms with Crippen molar-refractivity contribution in [1.29, 1.82) is 0 Å². The molecule has 0 radical (unpaired) electrons. The van der Waals surface area contributed by atoms with Crippen molar-refractivity contribution in [1.82, 2.24) is 4.90 Å². The van der Waals surface area contributed by atoms with Crippen LogP contribution in [0, 0.1) is 5.92 Å². The number of aliphatic hydroxyl groups is 1. The number of nitrogens with zero attached hydrogens (tertiary/aromatic N) is 1. The molecule has 0 saturated carbocycles. The van der Waals surface area contributed by atoms with E-state index in [-0.39, 0.29) is 6.10 Å². The standard InChI is InChI=1S/C10H19NO2/c1-8-4-9(13)6-11(5-8)10(2,3)7-12/h7-9,13H,4-6H2,1-3H3/t8-,9+/m1/s1. The number of aliphatic hydroxyl groups excluding tert-OH is 1.